The Bertz CT molecular complexity index is 522. The number of methoxy groups -OCH3 is 1. The molecule has 0 amide bonds. The van der Waals surface area contributed by atoms with Gasteiger partial charge in [-0.15, -0.1) is 0 Å². The lowest BCUT2D eigenvalue weighted by Gasteiger charge is -2.58. The maximum Gasteiger partial charge on any atom is 0.311 e. The third-order valence-electron chi connectivity index (χ3n) is 7.89. The second-order valence-electron chi connectivity index (χ2n) is 9.24. The van der Waals surface area contributed by atoms with E-state index in [0.29, 0.717) is 11.3 Å². The van der Waals surface area contributed by atoms with Crippen LogP contribution in [0.3, 0.4) is 0 Å². The summed E-state index contributed by atoms with van der Waals surface area (Å²) >= 11 is 0. The number of fused-ring (bicyclic) bond motifs is 3. The zero-order valence-electron chi connectivity index (χ0n) is 15.7. The van der Waals surface area contributed by atoms with Crippen molar-refractivity contribution < 1.29 is 9.53 Å². The molecule has 0 bridgehead atoms. The Labute approximate surface area is 142 Å². The fraction of sp³-hybridized carbons (Fsp3) is 0.857. The molecule has 0 N–H and O–H groups in total. The van der Waals surface area contributed by atoms with Crippen LogP contribution in [0.2, 0.25) is 0 Å². The highest BCUT2D eigenvalue weighted by Gasteiger charge is 2.58. The Balaban J connectivity index is 1.96. The first-order valence-corrected chi connectivity index (χ1v) is 9.58. The molecule has 2 heteroatoms. The van der Waals surface area contributed by atoms with E-state index in [1.807, 2.05) is 0 Å². The smallest absolute Gasteiger partial charge is 0.311 e. The van der Waals surface area contributed by atoms with Gasteiger partial charge in [-0.1, -0.05) is 45.3 Å². The van der Waals surface area contributed by atoms with E-state index in [2.05, 4.69) is 33.8 Å². The van der Waals surface area contributed by atoms with Crippen molar-refractivity contribution in [2.75, 3.05) is 7.11 Å². The zero-order valence-corrected chi connectivity index (χ0v) is 15.7. The largest absolute Gasteiger partial charge is 0.469 e. The molecule has 0 aromatic carbocycles. The van der Waals surface area contributed by atoms with Gasteiger partial charge in [-0.2, -0.15) is 0 Å². The van der Waals surface area contributed by atoms with Gasteiger partial charge >= 0.3 is 5.97 Å². The molecule has 0 spiro atoms. The van der Waals surface area contributed by atoms with E-state index in [9.17, 15) is 4.79 Å². The summed E-state index contributed by atoms with van der Waals surface area (Å²) in [6, 6.07) is 0. The molecule has 0 aromatic heterocycles. The minimum absolute atomic E-state index is 0.0154. The third-order valence-corrected chi connectivity index (χ3v) is 7.89. The van der Waals surface area contributed by atoms with E-state index in [-0.39, 0.29) is 16.8 Å². The van der Waals surface area contributed by atoms with Crippen LogP contribution in [0.1, 0.15) is 79.1 Å². The second-order valence-corrected chi connectivity index (χ2v) is 9.24. The van der Waals surface area contributed by atoms with Crippen molar-refractivity contribution in [3.05, 3.63) is 11.6 Å². The summed E-state index contributed by atoms with van der Waals surface area (Å²) in [5.74, 6) is 1.21. The Morgan fingerprint density at radius 2 is 2.00 bits per heavy atom. The Morgan fingerprint density at radius 1 is 1.26 bits per heavy atom. The van der Waals surface area contributed by atoms with Crippen molar-refractivity contribution in [2.24, 2.45) is 28.1 Å². The molecule has 0 aromatic rings. The molecule has 2 nitrogen and oxygen atoms in total. The van der Waals surface area contributed by atoms with Gasteiger partial charge in [0.1, 0.15) is 0 Å². The lowest BCUT2D eigenvalue weighted by Crippen LogP contribution is -2.53. The van der Waals surface area contributed by atoms with Crippen LogP contribution in [0.25, 0.3) is 0 Å². The molecule has 3 aliphatic carbocycles. The van der Waals surface area contributed by atoms with Gasteiger partial charge in [0.25, 0.3) is 0 Å². The highest BCUT2D eigenvalue weighted by atomic mass is 16.5. The first-order chi connectivity index (χ1) is 10.8. The molecule has 0 saturated heterocycles. The van der Waals surface area contributed by atoms with Gasteiger partial charge in [0.05, 0.1) is 12.5 Å². The molecule has 2 fully saturated rings. The van der Waals surface area contributed by atoms with Crippen LogP contribution in [0.4, 0.5) is 0 Å². The van der Waals surface area contributed by atoms with Gasteiger partial charge in [-0.3, -0.25) is 4.79 Å². The van der Waals surface area contributed by atoms with Gasteiger partial charge < -0.3 is 4.74 Å². The first kappa shape index (κ1) is 17.0. The minimum atomic E-state index is -0.293. The molecule has 23 heavy (non-hydrogen) atoms. The third kappa shape index (κ3) is 2.48. The topological polar surface area (TPSA) is 26.3 Å². The maximum atomic E-state index is 12.6. The number of allylic oxidation sites excluding steroid dienone is 2. The highest BCUT2D eigenvalue weighted by Crippen LogP contribution is 2.64. The van der Waals surface area contributed by atoms with Gasteiger partial charge in [-0.25, -0.2) is 0 Å². The number of rotatable bonds is 2. The van der Waals surface area contributed by atoms with Crippen LogP contribution >= 0.6 is 0 Å². The monoisotopic (exact) mass is 318 g/mol. The summed E-state index contributed by atoms with van der Waals surface area (Å²) in [6.07, 6.45) is 12.2. The van der Waals surface area contributed by atoms with Crippen molar-refractivity contribution in [3.63, 3.8) is 0 Å². The molecule has 5 atom stereocenters. The molecule has 2 saturated carbocycles. The van der Waals surface area contributed by atoms with Gasteiger partial charge in [0.2, 0.25) is 0 Å². The number of esters is 1. The van der Waals surface area contributed by atoms with Crippen molar-refractivity contribution in [2.45, 2.75) is 79.1 Å². The van der Waals surface area contributed by atoms with Crippen LogP contribution < -0.4 is 0 Å². The molecule has 130 valence electrons. The molecule has 0 heterocycles. The predicted molar refractivity (Wildman–Crippen MR) is 94.0 cm³/mol. The van der Waals surface area contributed by atoms with E-state index >= 15 is 0 Å². The average Bonchev–Trinajstić information content (AvgIpc) is 2.53. The number of hydrogen-bond acceptors (Lipinski definition) is 2. The lowest BCUT2D eigenvalue weighted by atomic mass is 9.46. The van der Waals surface area contributed by atoms with Crippen LogP contribution in [0.5, 0.6) is 0 Å². The number of ether oxygens (including phenoxy) is 1. The van der Waals surface area contributed by atoms with Crippen LogP contribution in [0.15, 0.2) is 11.6 Å². The van der Waals surface area contributed by atoms with Crippen LogP contribution in [0, 0.1) is 28.1 Å². The number of carbonyl (C=O) groups is 1. The predicted octanol–water partition coefficient (Wildman–Crippen LogP) is 5.52. The van der Waals surface area contributed by atoms with Crippen molar-refractivity contribution in [1.29, 1.82) is 0 Å². The molecule has 0 unspecified atom stereocenters. The normalized spacial score (nSPS) is 46.4. The summed E-state index contributed by atoms with van der Waals surface area (Å²) in [6.45, 7) is 9.40. The quantitative estimate of drug-likeness (QED) is 0.495. The summed E-state index contributed by atoms with van der Waals surface area (Å²) in [5, 5.41) is 0. The second kappa shape index (κ2) is 5.63. The van der Waals surface area contributed by atoms with E-state index in [1.165, 1.54) is 38.5 Å². The lowest BCUT2D eigenvalue weighted by molar-refractivity contribution is -0.164. The van der Waals surface area contributed by atoms with Crippen molar-refractivity contribution >= 4 is 5.97 Å². The minimum Gasteiger partial charge on any atom is -0.469 e. The van der Waals surface area contributed by atoms with Crippen LogP contribution in [-0.4, -0.2) is 13.1 Å². The highest BCUT2D eigenvalue weighted by molar-refractivity contribution is 5.77. The van der Waals surface area contributed by atoms with E-state index in [1.54, 1.807) is 12.7 Å². The summed E-state index contributed by atoms with van der Waals surface area (Å²) in [7, 11) is 1.55. The first-order valence-electron chi connectivity index (χ1n) is 9.58. The molecule has 0 radical (unpaired) electrons. The fourth-order valence-corrected chi connectivity index (χ4v) is 6.26. The van der Waals surface area contributed by atoms with Crippen LogP contribution in [-0.2, 0) is 9.53 Å². The van der Waals surface area contributed by atoms with Gasteiger partial charge in [-0.05, 0) is 68.1 Å². The van der Waals surface area contributed by atoms with Gasteiger partial charge in [0.15, 0.2) is 0 Å². The Hall–Kier alpha value is -0.790. The van der Waals surface area contributed by atoms with E-state index in [4.69, 9.17) is 4.74 Å². The molecule has 0 aliphatic heterocycles. The van der Waals surface area contributed by atoms with Gasteiger partial charge in [0, 0.05) is 0 Å². The molecule has 3 aliphatic rings. The van der Waals surface area contributed by atoms with E-state index < -0.39 is 0 Å². The summed E-state index contributed by atoms with van der Waals surface area (Å²) < 4.78 is 5.21. The van der Waals surface area contributed by atoms with E-state index in [0.717, 1.165) is 18.8 Å². The number of carbonyl (C=O) groups excluding carboxylic acids is 1. The van der Waals surface area contributed by atoms with Crippen molar-refractivity contribution in [3.8, 4) is 0 Å². The average molecular weight is 319 g/mol. The maximum absolute atomic E-state index is 12.6. The fourth-order valence-electron chi connectivity index (χ4n) is 6.26. The summed E-state index contributed by atoms with van der Waals surface area (Å²) in [4.78, 5) is 12.6. The SMILES string of the molecule is CC[C@@]1(C)CC=C2[C@@H](CC[C@@H]3[C@](C)(C(=O)OC)CCC[C@@]23C)C1. The molecule has 3 rings (SSSR count). The zero-order chi connectivity index (χ0) is 16.9. The Morgan fingerprint density at radius 3 is 2.65 bits per heavy atom. The van der Waals surface area contributed by atoms with Crippen molar-refractivity contribution in [1.82, 2.24) is 0 Å². The Kier molecular flexibility index (Phi) is 4.18. The molecular formula is C21H34O2. The number of hydrogen-bond donors (Lipinski definition) is 0. The molecular weight excluding hydrogens is 284 g/mol. The standard InChI is InChI=1S/C21H34O2/c1-6-19(2)13-10-16-15(14-19)8-9-17-20(16,3)11-7-12-21(17,4)18(22)23-5/h10,15,17H,6-9,11-14H2,1-5H3/t15-,17-,19-,20-,21+/m0/s1. The summed E-state index contributed by atoms with van der Waals surface area (Å²) in [5.41, 5.74) is 2.09.